The lowest BCUT2D eigenvalue weighted by molar-refractivity contribution is 0.185. The molecule has 0 aliphatic carbocycles. The Morgan fingerprint density at radius 3 is 3.00 bits per heavy atom. The predicted molar refractivity (Wildman–Crippen MR) is 61.7 cm³/mol. The Bertz CT molecular complexity index is 324. The number of nitrogens with one attached hydrogen (secondary N) is 1. The first-order chi connectivity index (χ1) is 7.31. The van der Waals surface area contributed by atoms with Gasteiger partial charge in [0.1, 0.15) is 0 Å². The molecule has 0 bridgehead atoms. The first-order valence-electron chi connectivity index (χ1n) is 5.62. The summed E-state index contributed by atoms with van der Waals surface area (Å²) in [5, 5.41) is 3.55. The number of benzene rings is 1. The van der Waals surface area contributed by atoms with Gasteiger partial charge in [-0.05, 0) is 30.0 Å². The highest BCUT2D eigenvalue weighted by Crippen LogP contribution is 2.29. The summed E-state index contributed by atoms with van der Waals surface area (Å²) in [6.07, 6.45) is 1.28. The van der Waals surface area contributed by atoms with Crippen molar-refractivity contribution in [3.8, 4) is 0 Å². The second-order valence-corrected chi connectivity index (χ2v) is 4.38. The fourth-order valence-electron chi connectivity index (χ4n) is 2.32. The van der Waals surface area contributed by atoms with Gasteiger partial charge in [-0.3, -0.25) is 0 Å². The van der Waals surface area contributed by atoms with E-state index in [4.69, 9.17) is 4.74 Å². The Balaban J connectivity index is 2.16. The van der Waals surface area contributed by atoms with Crippen molar-refractivity contribution in [2.24, 2.45) is 5.92 Å². The molecule has 0 spiro atoms. The predicted octanol–water partition coefficient (Wildman–Crippen LogP) is 2.50. The van der Waals surface area contributed by atoms with Crippen molar-refractivity contribution >= 4 is 0 Å². The fourth-order valence-corrected chi connectivity index (χ4v) is 2.32. The molecule has 1 saturated heterocycles. The van der Waals surface area contributed by atoms with Crippen LogP contribution in [0.15, 0.2) is 24.3 Å². The zero-order valence-corrected chi connectivity index (χ0v) is 9.49. The van der Waals surface area contributed by atoms with E-state index in [2.05, 4.69) is 36.5 Å². The molecule has 1 aromatic rings. The highest BCUT2D eigenvalue weighted by molar-refractivity contribution is 5.26. The number of rotatable bonds is 3. The molecular formula is C13H19NO. The van der Waals surface area contributed by atoms with Crippen molar-refractivity contribution in [3.05, 3.63) is 35.4 Å². The van der Waals surface area contributed by atoms with Crippen molar-refractivity contribution < 1.29 is 4.74 Å². The Labute approximate surface area is 91.6 Å². The maximum atomic E-state index is 5.15. The van der Waals surface area contributed by atoms with Crippen LogP contribution < -0.4 is 5.32 Å². The fraction of sp³-hybridized carbons (Fsp3) is 0.538. The van der Waals surface area contributed by atoms with Gasteiger partial charge in [0.05, 0.1) is 6.61 Å². The summed E-state index contributed by atoms with van der Waals surface area (Å²) in [6.45, 7) is 4.16. The van der Waals surface area contributed by atoms with Crippen molar-refractivity contribution in [1.82, 2.24) is 5.32 Å². The molecule has 1 heterocycles. The van der Waals surface area contributed by atoms with E-state index in [9.17, 15) is 0 Å². The van der Waals surface area contributed by atoms with Crippen LogP contribution in [0.25, 0.3) is 0 Å². The molecule has 0 aromatic heterocycles. The van der Waals surface area contributed by atoms with Crippen molar-refractivity contribution in [2.45, 2.75) is 26.0 Å². The zero-order valence-electron chi connectivity index (χ0n) is 9.49. The van der Waals surface area contributed by atoms with E-state index >= 15 is 0 Å². The molecule has 2 unspecified atom stereocenters. The third-order valence-corrected chi connectivity index (χ3v) is 3.15. The average molecular weight is 205 g/mol. The Kier molecular flexibility index (Phi) is 3.39. The quantitative estimate of drug-likeness (QED) is 0.818. The van der Waals surface area contributed by atoms with Crippen LogP contribution in [0, 0.1) is 5.92 Å². The van der Waals surface area contributed by atoms with Crippen molar-refractivity contribution in [1.29, 1.82) is 0 Å². The molecule has 0 saturated carbocycles. The SMILES string of the molecule is COCc1cccc(C2NCCC2C)c1. The normalized spacial score (nSPS) is 25.7. The third kappa shape index (κ3) is 2.39. The van der Waals surface area contributed by atoms with E-state index in [0.29, 0.717) is 12.6 Å². The second kappa shape index (κ2) is 4.77. The Hall–Kier alpha value is -0.860. The number of methoxy groups -OCH3 is 1. The lowest BCUT2D eigenvalue weighted by Gasteiger charge is -2.16. The van der Waals surface area contributed by atoms with E-state index in [-0.39, 0.29) is 0 Å². The van der Waals surface area contributed by atoms with Crippen LogP contribution in [0.5, 0.6) is 0 Å². The van der Waals surface area contributed by atoms with Crippen LogP contribution in [-0.4, -0.2) is 13.7 Å². The smallest absolute Gasteiger partial charge is 0.0713 e. The largest absolute Gasteiger partial charge is 0.380 e. The maximum absolute atomic E-state index is 5.15. The van der Waals surface area contributed by atoms with E-state index in [1.807, 2.05) is 0 Å². The molecule has 2 nitrogen and oxygen atoms in total. The second-order valence-electron chi connectivity index (χ2n) is 4.38. The lowest BCUT2D eigenvalue weighted by Crippen LogP contribution is -2.16. The highest BCUT2D eigenvalue weighted by Gasteiger charge is 2.23. The van der Waals surface area contributed by atoms with Gasteiger partial charge in [0.15, 0.2) is 0 Å². The topological polar surface area (TPSA) is 21.3 Å². The summed E-state index contributed by atoms with van der Waals surface area (Å²) in [5.41, 5.74) is 2.66. The van der Waals surface area contributed by atoms with Gasteiger partial charge in [-0.15, -0.1) is 0 Å². The molecule has 1 aliphatic rings. The monoisotopic (exact) mass is 205 g/mol. The molecule has 2 rings (SSSR count). The third-order valence-electron chi connectivity index (χ3n) is 3.15. The van der Waals surface area contributed by atoms with E-state index in [1.165, 1.54) is 17.5 Å². The van der Waals surface area contributed by atoms with Crippen LogP contribution in [0.3, 0.4) is 0 Å². The van der Waals surface area contributed by atoms with E-state index in [1.54, 1.807) is 7.11 Å². The molecule has 0 radical (unpaired) electrons. The molecule has 2 heteroatoms. The van der Waals surface area contributed by atoms with Crippen LogP contribution in [-0.2, 0) is 11.3 Å². The van der Waals surface area contributed by atoms with Gasteiger partial charge in [-0.1, -0.05) is 31.2 Å². The highest BCUT2D eigenvalue weighted by atomic mass is 16.5. The molecule has 0 amide bonds. The first-order valence-corrected chi connectivity index (χ1v) is 5.62. The van der Waals surface area contributed by atoms with Crippen LogP contribution in [0.2, 0.25) is 0 Å². The van der Waals surface area contributed by atoms with Crippen LogP contribution in [0.4, 0.5) is 0 Å². The summed E-state index contributed by atoms with van der Waals surface area (Å²) < 4.78 is 5.15. The summed E-state index contributed by atoms with van der Waals surface area (Å²) in [5.74, 6) is 0.739. The number of hydrogen-bond acceptors (Lipinski definition) is 2. The van der Waals surface area contributed by atoms with Gasteiger partial charge in [0, 0.05) is 13.2 Å². The molecule has 1 N–H and O–H groups in total. The molecule has 1 fully saturated rings. The Morgan fingerprint density at radius 2 is 2.33 bits per heavy atom. The number of hydrogen-bond donors (Lipinski definition) is 1. The van der Waals surface area contributed by atoms with E-state index < -0.39 is 0 Å². The van der Waals surface area contributed by atoms with Gasteiger partial charge in [0.2, 0.25) is 0 Å². The molecule has 1 aromatic carbocycles. The Morgan fingerprint density at radius 1 is 1.47 bits per heavy atom. The average Bonchev–Trinajstić information content (AvgIpc) is 2.65. The first kappa shape index (κ1) is 10.7. The van der Waals surface area contributed by atoms with Crippen LogP contribution in [0.1, 0.15) is 30.5 Å². The maximum Gasteiger partial charge on any atom is 0.0713 e. The summed E-state index contributed by atoms with van der Waals surface area (Å²) in [6, 6.07) is 9.23. The van der Waals surface area contributed by atoms with Gasteiger partial charge in [-0.2, -0.15) is 0 Å². The molecular weight excluding hydrogens is 186 g/mol. The summed E-state index contributed by atoms with van der Waals surface area (Å²) in [7, 11) is 1.74. The summed E-state index contributed by atoms with van der Waals surface area (Å²) >= 11 is 0. The molecule has 82 valence electrons. The minimum absolute atomic E-state index is 0.529. The lowest BCUT2D eigenvalue weighted by atomic mass is 9.95. The molecule has 1 aliphatic heterocycles. The molecule has 2 atom stereocenters. The molecule has 15 heavy (non-hydrogen) atoms. The zero-order chi connectivity index (χ0) is 10.7. The van der Waals surface area contributed by atoms with Crippen LogP contribution >= 0.6 is 0 Å². The van der Waals surface area contributed by atoms with E-state index in [0.717, 1.165) is 12.5 Å². The minimum atomic E-state index is 0.529. The van der Waals surface area contributed by atoms with Gasteiger partial charge in [0.25, 0.3) is 0 Å². The summed E-state index contributed by atoms with van der Waals surface area (Å²) in [4.78, 5) is 0. The van der Waals surface area contributed by atoms with Gasteiger partial charge >= 0.3 is 0 Å². The van der Waals surface area contributed by atoms with Gasteiger partial charge < -0.3 is 10.1 Å². The van der Waals surface area contributed by atoms with Crippen molar-refractivity contribution in [2.75, 3.05) is 13.7 Å². The van der Waals surface area contributed by atoms with Gasteiger partial charge in [-0.25, -0.2) is 0 Å². The minimum Gasteiger partial charge on any atom is -0.380 e. The van der Waals surface area contributed by atoms with Crippen molar-refractivity contribution in [3.63, 3.8) is 0 Å². The standard InChI is InChI=1S/C13H19NO/c1-10-6-7-14-13(10)12-5-3-4-11(8-12)9-15-2/h3-5,8,10,13-14H,6-7,9H2,1-2H3. The number of ether oxygens (including phenoxy) is 1.